The zero-order chi connectivity index (χ0) is 16.4. The number of carbonyl (C=O) groups is 1. The third-order valence-corrected chi connectivity index (χ3v) is 3.61. The van der Waals surface area contributed by atoms with Crippen LogP contribution >= 0.6 is 0 Å². The van der Waals surface area contributed by atoms with Crippen molar-refractivity contribution in [1.29, 1.82) is 0 Å². The standard InChI is InChI=1S/C17H26N2O3/c1-13-8-14(10-18-9-13)11-21-17(5)6-7-19(12-17)15(20)22-16(2,3)4/h8-10H,6-7,11-12H2,1-5H3. The summed E-state index contributed by atoms with van der Waals surface area (Å²) in [5.41, 5.74) is 1.37. The molecule has 122 valence electrons. The van der Waals surface area contributed by atoms with Crippen molar-refractivity contribution in [1.82, 2.24) is 9.88 Å². The summed E-state index contributed by atoms with van der Waals surface area (Å²) in [7, 11) is 0. The molecule has 1 saturated heterocycles. The van der Waals surface area contributed by atoms with E-state index in [2.05, 4.69) is 11.1 Å². The van der Waals surface area contributed by atoms with Crippen molar-refractivity contribution < 1.29 is 14.3 Å². The van der Waals surface area contributed by atoms with Gasteiger partial charge in [-0.25, -0.2) is 4.79 Å². The molecule has 1 unspecified atom stereocenters. The lowest BCUT2D eigenvalue weighted by Crippen LogP contribution is -2.39. The van der Waals surface area contributed by atoms with Gasteiger partial charge in [-0.3, -0.25) is 4.98 Å². The monoisotopic (exact) mass is 306 g/mol. The maximum absolute atomic E-state index is 12.1. The van der Waals surface area contributed by atoms with Crippen LogP contribution in [0.5, 0.6) is 0 Å². The number of amides is 1. The van der Waals surface area contributed by atoms with Crippen molar-refractivity contribution in [3.8, 4) is 0 Å². The van der Waals surface area contributed by atoms with Crippen molar-refractivity contribution in [2.24, 2.45) is 0 Å². The Labute approximate surface area is 132 Å². The molecule has 2 heterocycles. The largest absolute Gasteiger partial charge is 0.444 e. The number of hydrogen-bond donors (Lipinski definition) is 0. The molecule has 1 aliphatic heterocycles. The second-order valence-corrected chi connectivity index (χ2v) is 7.26. The fourth-order valence-electron chi connectivity index (χ4n) is 2.49. The van der Waals surface area contributed by atoms with Crippen molar-refractivity contribution >= 4 is 6.09 Å². The number of likely N-dealkylation sites (tertiary alicyclic amines) is 1. The molecule has 0 radical (unpaired) electrons. The molecule has 1 fully saturated rings. The van der Waals surface area contributed by atoms with Gasteiger partial charge in [0.1, 0.15) is 5.60 Å². The highest BCUT2D eigenvalue weighted by Crippen LogP contribution is 2.27. The zero-order valence-corrected chi connectivity index (χ0v) is 14.2. The Balaban J connectivity index is 1.89. The normalized spacial score (nSPS) is 22.0. The van der Waals surface area contributed by atoms with Crippen molar-refractivity contribution in [2.45, 2.75) is 58.8 Å². The molecule has 2 rings (SSSR count). The number of nitrogens with zero attached hydrogens (tertiary/aromatic N) is 2. The Hall–Kier alpha value is -1.62. The molecule has 0 aliphatic carbocycles. The van der Waals surface area contributed by atoms with E-state index >= 15 is 0 Å². The molecule has 1 aromatic heterocycles. The first kappa shape index (κ1) is 16.7. The van der Waals surface area contributed by atoms with Crippen molar-refractivity contribution in [2.75, 3.05) is 13.1 Å². The fourth-order valence-corrected chi connectivity index (χ4v) is 2.49. The Kier molecular flexibility index (Phi) is 4.75. The second kappa shape index (κ2) is 6.24. The van der Waals surface area contributed by atoms with Gasteiger partial charge in [-0.15, -0.1) is 0 Å². The predicted octanol–water partition coefficient (Wildman–Crippen LogP) is 3.31. The van der Waals surface area contributed by atoms with Crippen molar-refractivity contribution in [3.05, 3.63) is 29.6 Å². The number of ether oxygens (including phenoxy) is 2. The quantitative estimate of drug-likeness (QED) is 0.859. The Morgan fingerprint density at radius 2 is 2.14 bits per heavy atom. The topological polar surface area (TPSA) is 51.7 Å². The molecule has 0 bridgehead atoms. The predicted molar refractivity (Wildman–Crippen MR) is 84.6 cm³/mol. The maximum Gasteiger partial charge on any atom is 0.410 e. The molecule has 0 spiro atoms. The molecule has 0 N–H and O–H groups in total. The maximum atomic E-state index is 12.1. The first-order chi connectivity index (χ1) is 10.2. The molecule has 0 aromatic carbocycles. The summed E-state index contributed by atoms with van der Waals surface area (Å²) in [6.45, 7) is 11.4. The lowest BCUT2D eigenvalue weighted by Gasteiger charge is -2.27. The van der Waals surface area contributed by atoms with Crippen LogP contribution in [0.25, 0.3) is 0 Å². The molecular formula is C17H26N2O3. The second-order valence-electron chi connectivity index (χ2n) is 7.26. The highest BCUT2D eigenvalue weighted by Gasteiger charge is 2.38. The van der Waals surface area contributed by atoms with Gasteiger partial charge < -0.3 is 14.4 Å². The molecule has 1 atom stereocenters. The van der Waals surface area contributed by atoms with E-state index in [1.54, 1.807) is 4.90 Å². The van der Waals surface area contributed by atoms with Crippen LogP contribution in [0.3, 0.4) is 0 Å². The van der Waals surface area contributed by atoms with Gasteiger partial charge in [0.2, 0.25) is 0 Å². The van der Waals surface area contributed by atoms with Gasteiger partial charge >= 0.3 is 6.09 Å². The summed E-state index contributed by atoms with van der Waals surface area (Å²) < 4.78 is 11.5. The smallest absolute Gasteiger partial charge is 0.410 e. The van der Waals surface area contributed by atoms with Gasteiger partial charge in [-0.2, -0.15) is 0 Å². The first-order valence-corrected chi connectivity index (χ1v) is 7.69. The van der Waals surface area contributed by atoms with E-state index in [1.165, 1.54) is 0 Å². The van der Waals surface area contributed by atoms with E-state index in [4.69, 9.17) is 9.47 Å². The Morgan fingerprint density at radius 1 is 1.41 bits per heavy atom. The summed E-state index contributed by atoms with van der Waals surface area (Å²) in [6, 6.07) is 2.07. The molecule has 22 heavy (non-hydrogen) atoms. The van der Waals surface area contributed by atoms with Gasteiger partial charge in [0.15, 0.2) is 0 Å². The van der Waals surface area contributed by atoms with Gasteiger partial charge in [0.05, 0.1) is 18.8 Å². The average molecular weight is 306 g/mol. The lowest BCUT2D eigenvalue weighted by atomic mass is 10.1. The number of rotatable bonds is 3. The fraction of sp³-hybridized carbons (Fsp3) is 0.647. The average Bonchev–Trinajstić information content (AvgIpc) is 2.78. The summed E-state index contributed by atoms with van der Waals surface area (Å²) in [4.78, 5) is 18.0. The summed E-state index contributed by atoms with van der Waals surface area (Å²) >= 11 is 0. The molecule has 1 aromatic rings. The summed E-state index contributed by atoms with van der Waals surface area (Å²) in [5, 5.41) is 0. The number of aromatic nitrogens is 1. The van der Waals surface area contributed by atoms with Crippen LogP contribution in [0, 0.1) is 6.92 Å². The van der Waals surface area contributed by atoms with E-state index in [-0.39, 0.29) is 11.7 Å². The van der Waals surface area contributed by atoms with Crippen LogP contribution in [0.1, 0.15) is 45.2 Å². The first-order valence-electron chi connectivity index (χ1n) is 7.69. The summed E-state index contributed by atoms with van der Waals surface area (Å²) in [6.07, 6.45) is 4.19. The van der Waals surface area contributed by atoms with Gasteiger partial charge in [0, 0.05) is 18.9 Å². The Morgan fingerprint density at radius 3 is 2.77 bits per heavy atom. The summed E-state index contributed by atoms with van der Waals surface area (Å²) in [5.74, 6) is 0. The highest BCUT2D eigenvalue weighted by atomic mass is 16.6. The minimum atomic E-state index is -0.468. The van der Waals surface area contributed by atoms with Crippen LogP contribution < -0.4 is 0 Å². The van der Waals surface area contributed by atoms with Crippen LogP contribution in [-0.2, 0) is 16.1 Å². The van der Waals surface area contributed by atoms with Crippen LogP contribution in [0.2, 0.25) is 0 Å². The third-order valence-electron chi connectivity index (χ3n) is 3.61. The zero-order valence-electron chi connectivity index (χ0n) is 14.2. The SMILES string of the molecule is Cc1cncc(COC2(C)CCN(C(=O)OC(C)(C)C)C2)c1. The van der Waals surface area contributed by atoms with Crippen LogP contribution in [0.4, 0.5) is 4.79 Å². The Bertz CT molecular complexity index is 539. The number of hydrogen-bond acceptors (Lipinski definition) is 4. The number of aryl methyl sites for hydroxylation is 1. The number of carbonyl (C=O) groups excluding carboxylic acids is 1. The van der Waals surface area contributed by atoms with E-state index in [0.29, 0.717) is 19.7 Å². The third kappa shape index (κ3) is 4.70. The molecule has 1 amide bonds. The van der Waals surface area contributed by atoms with E-state index in [0.717, 1.165) is 17.5 Å². The van der Waals surface area contributed by atoms with E-state index in [9.17, 15) is 4.79 Å². The number of pyridine rings is 1. The molecule has 1 aliphatic rings. The molecule has 5 heteroatoms. The minimum Gasteiger partial charge on any atom is -0.444 e. The highest BCUT2D eigenvalue weighted by molar-refractivity contribution is 5.68. The van der Waals surface area contributed by atoms with Gasteiger partial charge in [-0.05, 0) is 52.2 Å². The lowest BCUT2D eigenvalue weighted by molar-refractivity contribution is -0.0375. The van der Waals surface area contributed by atoms with Crippen molar-refractivity contribution in [3.63, 3.8) is 0 Å². The van der Waals surface area contributed by atoms with Crippen LogP contribution in [0.15, 0.2) is 18.5 Å². The van der Waals surface area contributed by atoms with E-state index < -0.39 is 5.60 Å². The molecule has 5 nitrogen and oxygen atoms in total. The minimum absolute atomic E-state index is 0.267. The molecular weight excluding hydrogens is 280 g/mol. The van der Waals surface area contributed by atoms with Gasteiger partial charge in [0.25, 0.3) is 0 Å². The van der Waals surface area contributed by atoms with E-state index in [1.807, 2.05) is 47.0 Å². The molecule has 0 saturated carbocycles. The van der Waals surface area contributed by atoms with Gasteiger partial charge in [-0.1, -0.05) is 6.07 Å². The van der Waals surface area contributed by atoms with Crippen LogP contribution in [-0.4, -0.2) is 40.3 Å².